The normalized spacial score (nSPS) is 22.8. The number of aliphatic hydroxyl groups is 1. The van der Waals surface area contributed by atoms with Gasteiger partial charge < -0.3 is 15.0 Å². The van der Waals surface area contributed by atoms with Gasteiger partial charge in [0.15, 0.2) is 0 Å². The highest BCUT2D eigenvalue weighted by atomic mass is 35.5. The van der Waals surface area contributed by atoms with Crippen LogP contribution in [0.5, 0.6) is 0 Å². The predicted octanol–water partition coefficient (Wildman–Crippen LogP) is 5.88. The van der Waals surface area contributed by atoms with E-state index in [0.29, 0.717) is 12.1 Å². The number of rotatable bonds is 5. The number of nitrogens with one attached hydrogen (secondary N) is 1. The van der Waals surface area contributed by atoms with Crippen LogP contribution in [-0.2, 0) is 19.1 Å². The molecule has 2 aromatic rings. The Bertz CT molecular complexity index is 932. The van der Waals surface area contributed by atoms with Gasteiger partial charge in [0.2, 0.25) is 0 Å². The molecule has 3 unspecified atom stereocenters. The third kappa shape index (κ3) is 6.69. The summed E-state index contributed by atoms with van der Waals surface area (Å²) in [7, 11) is 1.92. The predicted molar refractivity (Wildman–Crippen MR) is 129 cm³/mol. The van der Waals surface area contributed by atoms with Crippen molar-refractivity contribution in [2.75, 3.05) is 0 Å². The zero-order valence-electron chi connectivity index (χ0n) is 18.6. The standard InChI is InChI=1S/C13H12Cl2.C12H21N3O/c14-12-7-3-1-5-10(12)9-11-6-2-4-8-13(11)15;1-9-4-5-10(14-9)8-12(2,16)11-13-6-7-15(11)3/h1-3,5-7H,4,8-9H2;6-7,9-10,14,16H,4-5,8H2,1-3H3. The Hall–Kier alpha value is -1.59. The molecule has 4 nitrogen and oxygen atoms in total. The Morgan fingerprint density at radius 2 is 2.03 bits per heavy atom. The number of aryl methyl sites for hydroxylation is 1. The molecule has 1 saturated heterocycles. The van der Waals surface area contributed by atoms with Gasteiger partial charge in [-0.15, -0.1) is 0 Å². The second kappa shape index (κ2) is 10.8. The third-order valence-electron chi connectivity index (χ3n) is 5.95. The van der Waals surface area contributed by atoms with Crippen molar-refractivity contribution in [3.05, 3.63) is 75.8 Å². The summed E-state index contributed by atoms with van der Waals surface area (Å²) < 4.78 is 1.89. The molecule has 0 spiro atoms. The average molecular weight is 462 g/mol. The molecule has 0 bridgehead atoms. The Balaban J connectivity index is 0.000000176. The first kappa shape index (κ1) is 24.1. The van der Waals surface area contributed by atoms with E-state index in [-0.39, 0.29) is 0 Å². The molecular formula is C25H33Cl2N3O. The van der Waals surface area contributed by atoms with Crippen molar-refractivity contribution in [2.45, 2.75) is 70.1 Å². The maximum absolute atomic E-state index is 10.5. The summed E-state index contributed by atoms with van der Waals surface area (Å²) in [6.07, 6.45) is 13.8. The Kier molecular flexibility index (Phi) is 8.40. The van der Waals surface area contributed by atoms with Crippen LogP contribution in [0.15, 0.2) is 59.4 Å². The minimum absolute atomic E-state index is 0.404. The first-order chi connectivity index (χ1) is 14.8. The van der Waals surface area contributed by atoms with Crippen LogP contribution in [0.3, 0.4) is 0 Å². The molecule has 6 heteroatoms. The highest BCUT2D eigenvalue weighted by molar-refractivity contribution is 6.31. The molecule has 1 aliphatic carbocycles. The zero-order valence-corrected chi connectivity index (χ0v) is 20.1. The highest BCUT2D eigenvalue weighted by Gasteiger charge is 2.33. The van der Waals surface area contributed by atoms with E-state index in [2.05, 4.69) is 29.4 Å². The van der Waals surface area contributed by atoms with E-state index in [1.807, 2.05) is 49.0 Å². The minimum atomic E-state index is -0.847. The van der Waals surface area contributed by atoms with Crippen molar-refractivity contribution in [1.82, 2.24) is 14.9 Å². The number of hydrogen-bond donors (Lipinski definition) is 2. The second-order valence-corrected chi connectivity index (χ2v) is 9.68. The van der Waals surface area contributed by atoms with Crippen LogP contribution in [0, 0.1) is 0 Å². The molecule has 2 N–H and O–H groups in total. The lowest BCUT2D eigenvalue weighted by atomic mass is 9.95. The van der Waals surface area contributed by atoms with Crippen molar-refractivity contribution >= 4 is 23.2 Å². The molecule has 1 fully saturated rings. The van der Waals surface area contributed by atoms with Gasteiger partial charge in [0, 0.05) is 48.0 Å². The summed E-state index contributed by atoms with van der Waals surface area (Å²) in [5.74, 6) is 0.744. The molecule has 0 saturated carbocycles. The topological polar surface area (TPSA) is 50.1 Å². The minimum Gasteiger partial charge on any atom is -0.382 e. The van der Waals surface area contributed by atoms with Crippen LogP contribution in [0.1, 0.15) is 57.3 Å². The average Bonchev–Trinajstić information content (AvgIpc) is 3.34. The van der Waals surface area contributed by atoms with Gasteiger partial charge in [-0.3, -0.25) is 0 Å². The number of aromatic nitrogens is 2. The van der Waals surface area contributed by atoms with E-state index in [4.69, 9.17) is 23.2 Å². The summed E-state index contributed by atoms with van der Waals surface area (Å²) >= 11 is 12.3. The van der Waals surface area contributed by atoms with Gasteiger partial charge in [0.1, 0.15) is 11.4 Å². The number of nitrogens with zero attached hydrogens (tertiary/aromatic N) is 2. The third-order valence-corrected chi connectivity index (χ3v) is 6.75. The zero-order chi connectivity index (χ0) is 22.4. The number of halogens is 2. The van der Waals surface area contributed by atoms with E-state index < -0.39 is 5.60 Å². The lowest BCUT2D eigenvalue weighted by Gasteiger charge is -2.26. The van der Waals surface area contributed by atoms with E-state index in [1.165, 1.54) is 12.0 Å². The van der Waals surface area contributed by atoms with Gasteiger partial charge >= 0.3 is 0 Å². The number of imidazole rings is 1. The van der Waals surface area contributed by atoms with E-state index in [0.717, 1.165) is 53.5 Å². The number of hydrogen-bond acceptors (Lipinski definition) is 3. The van der Waals surface area contributed by atoms with Crippen LogP contribution in [-0.4, -0.2) is 26.7 Å². The van der Waals surface area contributed by atoms with E-state index in [1.54, 1.807) is 6.20 Å². The molecule has 2 aliphatic rings. The fraction of sp³-hybridized carbons (Fsp3) is 0.480. The van der Waals surface area contributed by atoms with E-state index in [9.17, 15) is 5.11 Å². The van der Waals surface area contributed by atoms with Gasteiger partial charge in [0.05, 0.1) is 0 Å². The fourth-order valence-corrected chi connectivity index (χ4v) is 4.77. The Labute approximate surface area is 196 Å². The quantitative estimate of drug-likeness (QED) is 0.583. The molecule has 4 rings (SSSR count). The van der Waals surface area contributed by atoms with Gasteiger partial charge in [-0.2, -0.15) is 0 Å². The lowest BCUT2D eigenvalue weighted by Crippen LogP contribution is -2.36. The largest absolute Gasteiger partial charge is 0.382 e. The van der Waals surface area contributed by atoms with Crippen LogP contribution in [0.4, 0.5) is 0 Å². The van der Waals surface area contributed by atoms with Crippen molar-refractivity contribution in [3.8, 4) is 0 Å². The van der Waals surface area contributed by atoms with Gasteiger partial charge in [-0.05, 0) is 63.2 Å². The number of allylic oxidation sites excluding steroid dienone is 4. The molecule has 1 aliphatic heterocycles. The van der Waals surface area contributed by atoms with Crippen molar-refractivity contribution in [3.63, 3.8) is 0 Å². The second-order valence-electron chi connectivity index (χ2n) is 8.82. The molecular weight excluding hydrogens is 429 g/mol. The van der Waals surface area contributed by atoms with Crippen molar-refractivity contribution in [1.29, 1.82) is 0 Å². The van der Waals surface area contributed by atoms with Crippen molar-refractivity contribution < 1.29 is 5.11 Å². The smallest absolute Gasteiger partial charge is 0.140 e. The van der Waals surface area contributed by atoms with Gasteiger partial charge in [-0.25, -0.2) is 4.98 Å². The maximum Gasteiger partial charge on any atom is 0.140 e. The summed E-state index contributed by atoms with van der Waals surface area (Å²) in [5.41, 5.74) is 1.48. The Morgan fingerprint density at radius 1 is 1.26 bits per heavy atom. The molecule has 3 atom stereocenters. The molecule has 1 aromatic heterocycles. The lowest BCUT2D eigenvalue weighted by molar-refractivity contribution is 0.0266. The number of benzene rings is 1. The first-order valence-corrected chi connectivity index (χ1v) is 11.8. The van der Waals surface area contributed by atoms with Gasteiger partial charge in [0.25, 0.3) is 0 Å². The summed E-state index contributed by atoms with van der Waals surface area (Å²) in [6.45, 7) is 4.04. The van der Waals surface area contributed by atoms with Crippen LogP contribution >= 0.6 is 23.2 Å². The summed E-state index contributed by atoms with van der Waals surface area (Å²) in [6, 6.07) is 8.88. The highest BCUT2D eigenvalue weighted by Crippen LogP contribution is 2.29. The molecule has 168 valence electrons. The Morgan fingerprint density at radius 3 is 2.65 bits per heavy atom. The van der Waals surface area contributed by atoms with Crippen LogP contribution in [0.25, 0.3) is 0 Å². The molecule has 0 amide bonds. The van der Waals surface area contributed by atoms with Gasteiger partial charge in [-0.1, -0.05) is 53.6 Å². The van der Waals surface area contributed by atoms with Crippen molar-refractivity contribution in [2.24, 2.45) is 7.05 Å². The molecule has 2 heterocycles. The summed E-state index contributed by atoms with van der Waals surface area (Å²) in [5, 5.41) is 15.8. The van der Waals surface area contributed by atoms with Crippen LogP contribution < -0.4 is 5.32 Å². The summed E-state index contributed by atoms with van der Waals surface area (Å²) in [4.78, 5) is 4.23. The molecule has 1 aromatic carbocycles. The fourth-order valence-electron chi connectivity index (χ4n) is 4.33. The maximum atomic E-state index is 10.5. The van der Waals surface area contributed by atoms with Crippen LogP contribution in [0.2, 0.25) is 5.02 Å². The van der Waals surface area contributed by atoms with E-state index >= 15 is 0 Å². The first-order valence-electron chi connectivity index (χ1n) is 11.0. The molecule has 31 heavy (non-hydrogen) atoms. The monoisotopic (exact) mass is 461 g/mol. The molecule has 0 radical (unpaired) electrons. The SMILES string of the molecule is CC1CCC(CC(C)(O)c2nccn2C)N1.ClC1=C(Cc2ccccc2Cl)C=CCC1.